The third-order valence-electron chi connectivity index (χ3n) is 6.28. The van der Waals surface area contributed by atoms with Crippen LogP contribution < -0.4 is 15.5 Å². The fourth-order valence-corrected chi connectivity index (χ4v) is 4.24. The number of nitrogens with one attached hydrogen (secondary N) is 2. The van der Waals surface area contributed by atoms with Crippen LogP contribution in [-0.4, -0.2) is 54.4 Å². The molecular weight excluding hydrogens is 477 g/mol. The maximum absolute atomic E-state index is 10.4. The van der Waals surface area contributed by atoms with E-state index in [4.69, 9.17) is 4.99 Å². The van der Waals surface area contributed by atoms with E-state index in [2.05, 4.69) is 53.4 Å². The van der Waals surface area contributed by atoms with Crippen molar-refractivity contribution < 1.29 is 5.11 Å². The van der Waals surface area contributed by atoms with Crippen LogP contribution in [0.25, 0.3) is 0 Å². The number of anilines is 1. The molecule has 3 rings (SSSR count). The van der Waals surface area contributed by atoms with Crippen LogP contribution in [0.15, 0.2) is 23.3 Å². The number of nitrogens with zero attached hydrogens (tertiary/aromatic N) is 3. The van der Waals surface area contributed by atoms with Crippen LogP contribution in [0.3, 0.4) is 0 Å². The topological polar surface area (TPSA) is 72.8 Å². The lowest BCUT2D eigenvalue weighted by Gasteiger charge is -2.37. The molecule has 0 bridgehead atoms. The Morgan fingerprint density at radius 1 is 1.28 bits per heavy atom. The van der Waals surface area contributed by atoms with Gasteiger partial charge in [0.1, 0.15) is 5.82 Å². The third kappa shape index (κ3) is 6.70. The summed E-state index contributed by atoms with van der Waals surface area (Å²) >= 11 is 0. The van der Waals surface area contributed by atoms with E-state index in [0.717, 1.165) is 63.5 Å². The molecule has 0 aromatic carbocycles. The quantitative estimate of drug-likeness (QED) is 0.318. The van der Waals surface area contributed by atoms with Crippen LogP contribution in [0.2, 0.25) is 0 Å². The number of aliphatic hydroxyl groups is 1. The van der Waals surface area contributed by atoms with E-state index in [1.807, 2.05) is 6.20 Å². The van der Waals surface area contributed by atoms with Crippen LogP contribution in [0.4, 0.5) is 5.82 Å². The summed E-state index contributed by atoms with van der Waals surface area (Å²) in [6.45, 7) is 9.87. The molecule has 1 aromatic heterocycles. The zero-order chi connectivity index (χ0) is 20.0. The maximum Gasteiger partial charge on any atom is 0.191 e. The largest absolute Gasteiger partial charge is 0.392 e. The average molecular weight is 515 g/mol. The van der Waals surface area contributed by atoms with Crippen molar-refractivity contribution in [2.75, 3.05) is 31.1 Å². The number of halogens is 1. The summed E-state index contributed by atoms with van der Waals surface area (Å²) in [7, 11) is 0. The molecule has 29 heavy (non-hydrogen) atoms. The minimum Gasteiger partial charge on any atom is -0.392 e. The summed E-state index contributed by atoms with van der Waals surface area (Å²) in [5.74, 6) is 1.96. The molecule has 1 aliphatic heterocycles. The molecule has 2 fully saturated rings. The predicted octanol–water partition coefficient (Wildman–Crippen LogP) is 3.47. The zero-order valence-corrected chi connectivity index (χ0v) is 20.5. The highest BCUT2D eigenvalue weighted by Crippen LogP contribution is 2.36. The highest BCUT2D eigenvalue weighted by molar-refractivity contribution is 14.0. The number of hydrogen-bond acceptors (Lipinski definition) is 4. The lowest BCUT2D eigenvalue weighted by Crippen LogP contribution is -2.49. The standard InChI is InChI=1S/C22H37N5O.HI/c1-4-23-21(25-16-22(3)12-6-5-7-19(22)28)26-18-10-13-27(14-11-18)20-9-8-17(2)15-24-20;/h8-9,15,18-19,28H,4-7,10-14,16H2,1-3H3,(H2,23,25,26);1H. The van der Waals surface area contributed by atoms with Gasteiger partial charge in [-0.15, -0.1) is 24.0 Å². The third-order valence-corrected chi connectivity index (χ3v) is 6.28. The molecule has 1 saturated heterocycles. The summed E-state index contributed by atoms with van der Waals surface area (Å²) in [4.78, 5) is 11.8. The maximum atomic E-state index is 10.4. The molecule has 0 amide bonds. The van der Waals surface area contributed by atoms with E-state index in [1.54, 1.807) is 0 Å². The molecule has 6 nitrogen and oxygen atoms in total. The van der Waals surface area contributed by atoms with Gasteiger partial charge in [0.2, 0.25) is 0 Å². The lowest BCUT2D eigenvalue weighted by atomic mass is 9.73. The first kappa shape index (κ1) is 24.2. The first-order valence-corrected chi connectivity index (χ1v) is 10.9. The van der Waals surface area contributed by atoms with Gasteiger partial charge in [-0.1, -0.05) is 25.8 Å². The monoisotopic (exact) mass is 515 g/mol. The number of aryl methyl sites for hydroxylation is 1. The summed E-state index contributed by atoms with van der Waals surface area (Å²) in [5.41, 5.74) is 1.10. The number of guanidine groups is 1. The van der Waals surface area contributed by atoms with Gasteiger partial charge in [0.05, 0.1) is 12.6 Å². The second-order valence-corrected chi connectivity index (χ2v) is 8.71. The van der Waals surface area contributed by atoms with E-state index in [1.165, 1.54) is 12.0 Å². The SMILES string of the molecule is CCNC(=NCC1(C)CCCCC1O)NC1CCN(c2ccc(C)cn2)CC1.I. The zero-order valence-electron chi connectivity index (χ0n) is 18.2. The fourth-order valence-electron chi connectivity index (χ4n) is 4.24. The number of pyridine rings is 1. The molecular formula is C22H38IN5O. The number of piperidine rings is 1. The van der Waals surface area contributed by atoms with Crippen molar-refractivity contribution in [3.05, 3.63) is 23.9 Å². The Labute approximate surface area is 193 Å². The van der Waals surface area contributed by atoms with Crippen molar-refractivity contribution in [2.24, 2.45) is 10.4 Å². The first-order valence-electron chi connectivity index (χ1n) is 10.9. The molecule has 0 spiro atoms. The van der Waals surface area contributed by atoms with Gasteiger partial charge in [-0.3, -0.25) is 4.99 Å². The van der Waals surface area contributed by atoms with Crippen molar-refractivity contribution in [2.45, 2.75) is 71.4 Å². The molecule has 7 heteroatoms. The number of hydrogen-bond donors (Lipinski definition) is 3. The molecule has 1 saturated carbocycles. The smallest absolute Gasteiger partial charge is 0.191 e. The second kappa shape index (κ2) is 11.3. The Kier molecular flexibility index (Phi) is 9.46. The Bertz CT molecular complexity index is 645. The van der Waals surface area contributed by atoms with Gasteiger partial charge in [0.15, 0.2) is 5.96 Å². The van der Waals surface area contributed by atoms with Crippen LogP contribution in [-0.2, 0) is 0 Å². The van der Waals surface area contributed by atoms with E-state index in [-0.39, 0.29) is 35.5 Å². The number of aliphatic hydroxyl groups excluding tert-OH is 1. The van der Waals surface area contributed by atoms with Crippen molar-refractivity contribution in [1.82, 2.24) is 15.6 Å². The molecule has 0 radical (unpaired) electrons. The first-order chi connectivity index (χ1) is 13.5. The van der Waals surface area contributed by atoms with E-state index < -0.39 is 0 Å². The predicted molar refractivity (Wildman–Crippen MR) is 131 cm³/mol. The Hall–Kier alpha value is -1.09. The molecule has 2 atom stereocenters. The van der Waals surface area contributed by atoms with Crippen molar-refractivity contribution in [1.29, 1.82) is 0 Å². The molecule has 3 N–H and O–H groups in total. The van der Waals surface area contributed by atoms with Crippen LogP contribution in [0.5, 0.6) is 0 Å². The van der Waals surface area contributed by atoms with Crippen molar-refractivity contribution >= 4 is 35.8 Å². The molecule has 2 heterocycles. The van der Waals surface area contributed by atoms with Crippen molar-refractivity contribution in [3.63, 3.8) is 0 Å². The summed E-state index contributed by atoms with van der Waals surface area (Å²) in [5, 5.41) is 17.4. The number of aromatic nitrogens is 1. The molecule has 164 valence electrons. The van der Waals surface area contributed by atoms with E-state index in [0.29, 0.717) is 12.6 Å². The van der Waals surface area contributed by atoms with Gasteiger partial charge in [-0.2, -0.15) is 0 Å². The molecule has 1 aromatic rings. The van der Waals surface area contributed by atoms with Gasteiger partial charge in [0, 0.05) is 37.3 Å². The van der Waals surface area contributed by atoms with Crippen molar-refractivity contribution in [3.8, 4) is 0 Å². The van der Waals surface area contributed by atoms with Crippen LogP contribution in [0, 0.1) is 12.3 Å². The molecule has 2 unspecified atom stereocenters. The van der Waals surface area contributed by atoms with Gasteiger partial charge in [-0.25, -0.2) is 4.98 Å². The summed E-state index contributed by atoms with van der Waals surface area (Å²) < 4.78 is 0. The second-order valence-electron chi connectivity index (χ2n) is 8.71. The van der Waals surface area contributed by atoms with Gasteiger partial charge in [-0.05, 0) is 51.2 Å². The Balaban J connectivity index is 0.00000300. The fraction of sp³-hybridized carbons (Fsp3) is 0.727. The highest BCUT2D eigenvalue weighted by atomic mass is 127. The van der Waals surface area contributed by atoms with Gasteiger partial charge in [0.25, 0.3) is 0 Å². The summed E-state index contributed by atoms with van der Waals surface area (Å²) in [6, 6.07) is 4.66. The van der Waals surface area contributed by atoms with Crippen LogP contribution in [0.1, 0.15) is 57.9 Å². The van der Waals surface area contributed by atoms with E-state index in [9.17, 15) is 5.11 Å². The Morgan fingerprint density at radius 3 is 2.66 bits per heavy atom. The van der Waals surface area contributed by atoms with Gasteiger partial charge < -0.3 is 20.6 Å². The minimum atomic E-state index is -0.238. The Morgan fingerprint density at radius 2 is 2.03 bits per heavy atom. The van der Waals surface area contributed by atoms with Gasteiger partial charge >= 0.3 is 0 Å². The number of rotatable bonds is 5. The van der Waals surface area contributed by atoms with E-state index >= 15 is 0 Å². The average Bonchev–Trinajstić information content (AvgIpc) is 2.70. The highest BCUT2D eigenvalue weighted by Gasteiger charge is 2.35. The minimum absolute atomic E-state index is 0. The molecule has 2 aliphatic rings. The lowest BCUT2D eigenvalue weighted by molar-refractivity contribution is 0.00715. The van der Waals surface area contributed by atoms with Crippen LogP contribution >= 0.6 is 24.0 Å². The number of aliphatic imine (C=N–C) groups is 1. The summed E-state index contributed by atoms with van der Waals surface area (Å²) in [6.07, 6.45) is 8.13. The molecule has 1 aliphatic carbocycles. The normalized spacial score (nSPS) is 26.0.